The van der Waals surface area contributed by atoms with Gasteiger partial charge >= 0.3 is 0 Å². The smallest absolute Gasteiger partial charge is 0.282 e. The van der Waals surface area contributed by atoms with Crippen molar-refractivity contribution < 1.29 is 22.5 Å². The van der Waals surface area contributed by atoms with Crippen molar-refractivity contribution >= 4 is 61.8 Å². The van der Waals surface area contributed by atoms with Crippen LogP contribution in [0.1, 0.15) is 45.5 Å². The Hall–Kier alpha value is -2.92. The predicted octanol–water partition coefficient (Wildman–Crippen LogP) is 6.16. The average Bonchev–Trinajstić information content (AvgIpc) is 3.25. The number of nitrogens with zero attached hydrogens (tertiary/aromatic N) is 4. The van der Waals surface area contributed by atoms with Gasteiger partial charge in [-0.25, -0.2) is 9.13 Å². The fourth-order valence-corrected chi connectivity index (χ4v) is 6.15. The van der Waals surface area contributed by atoms with Crippen LogP contribution in [-0.4, -0.2) is 34.8 Å². The Kier molecular flexibility index (Phi) is 8.14. The topological polar surface area (TPSA) is 110 Å². The van der Waals surface area contributed by atoms with Gasteiger partial charge in [0, 0.05) is 53.7 Å². The monoisotopic (exact) mass is 593 g/mol. The van der Waals surface area contributed by atoms with Gasteiger partial charge in [-0.1, -0.05) is 43.1 Å². The lowest BCUT2D eigenvalue weighted by atomic mass is 9.83. The number of anilines is 1. The minimum Gasteiger partial charge on any atom is -0.344 e. The third kappa shape index (κ3) is 5.56. The first-order valence-corrected chi connectivity index (χ1v) is 15.0. The number of hydrogen-bond donors (Lipinski definition) is 1. The maximum atomic E-state index is 11.5. The zero-order chi connectivity index (χ0) is 28.7. The van der Waals surface area contributed by atoms with E-state index in [1.54, 1.807) is 12.1 Å². The molecule has 2 heterocycles. The number of imidazole rings is 1. The Morgan fingerprint density at radius 1 is 1.15 bits per heavy atom. The first-order valence-electron chi connectivity index (χ1n) is 12.6. The van der Waals surface area contributed by atoms with Crippen LogP contribution in [0.2, 0.25) is 10.0 Å². The molecule has 4 rings (SSSR count). The van der Waals surface area contributed by atoms with Crippen LogP contribution in [-0.2, 0) is 28.6 Å². The minimum atomic E-state index is -4.12. The Labute approximate surface area is 237 Å². The number of aryl methyl sites for hydroxylation is 2. The van der Waals surface area contributed by atoms with E-state index in [0.717, 1.165) is 33.8 Å². The molecule has 3 aromatic rings. The first-order chi connectivity index (χ1) is 18.3. The molecule has 1 aromatic heterocycles. The molecule has 1 aliphatic heterocycles. The number of aromatic nitrogens is 2. The molecule has 2 aromatic carbocycles. The van der Waals surface area contributed by atoms with Gasteiger partial charge in [0.1, 0.15) is 0 Å². The first kappa shape index (κ1) is 29.1. The summed E-state index contributed by atoms with van der Waals surface area (Å²) in [5, 5.41) is 12.4. The maximum absolute atomic E-state index is 11.5. The molecule has 0 unspecified atom stereocenters. The molecule has 0 saturated heterocycles. The van der Waals surface area contributed by atoms with Crippen LogP contribution in [0.5, 0.6) is 0 Å². The highest BCUT2D eigenvalue weighted by Crippen LogP contribution is 2.49. The summed E-state index contributed by atoms with van der Waals surface area (Å²) in [6.45, 7) is 9.81. The quantitative estimate of drug-likeness (QED) is 0.138. The number of fused-ring (bicyclic) bond motifs is 2. The van der Waals surface area contributed by atoms with Gasteiger partial charge < -0.3 is 4.90 Å². The third-order valence-electron chi connectivity index (χ3n) is 7.15. The van der Waals surface area contributed by atoms with E-state index in [1.165, 1.54) is 6.07 Å². The number of nitro groups is 1. The summed E-state index contributed by atoms with van der Waals surface area (Å²) < 4.78 is 36.3. The lowest BCUT2D eigenvalue weighted by Crippen LogP contribution is -2.35. The molecule has 0 spiro atoms. The standard InChI is InChI=1S/C27H30Cl2N4O5S/c1-5-30-23-16-20(28)21(29)17-24(23)31(6-2)26(30)10-7-9-25-27(3,4)19-15-18(33(34)35)11-12-22(19)32(25)13-8-14-39(36,37)38/h7,9-12,15-17H,5-6,8,13-14H2,1-4H3/p+1. The second-order valence-electron chi connectivity index (χ2n) is 9.89. The minimum absolute atomic E-state index is 0.00900. The van der Waals surface area contributed by atoms with Crippen LogP contribution in [0.4, 0.5) is 11.4 Å². The van der Waals surface area contributed by atoms with Crippen molar-refractivity contribution in [3.63, 3.8) is 0 Å². The van der Waals surface area contributed by atoms with Gasteiger partial charge in [0.2, 0.25) is 0 Å². The zero-order valence-electron chi connectivity index (χ0n) is 22.2. The molecule has 12 heteroatoms. The van der Waals surface area contributed by atoms with Gasteiger partial charge in [0.25, 0.3) is 21.6 Å². The third-order valence-corrected chi connectivity index (χ3v) is 8.68. The van der Waals surface area contributed by atoms with Crippen molar-refractivity contribution in [2.24, 2.45) is 0 Å². The average molecular weight is 595 g/mol. The fraction of sp³-hybridized carbons (Fsp3) is 0.370. The summed E-state index contributed by atoms with van der Waals surface area (Å²) in [7, 11) is -4.12. The van der Waals surface area contributed by atoms with E-state index >= 15 is 0 Å². The number of hydrogen-bond acceptors (Lipinski definition) is 5. The fourth-order valence-electron chi connectivity index (χ4n) is 5.34. The van der Waals surface area contributed by atoms with Gasteiger partial charge in [-0.3, -0.25) is 14.7 Å². The molecule has 0 bridgehead atoms. The molecule has 208 valence electrons. The largest absolute Gasteiger partial charge is 0.344 e. The highest BCUT2D eigenvalue weighted by atomic mass is 35.5. The van der Waals surface area contributed by atoms with E-state index in [0.29, 0.717) is 29.7 Å². The molecule has 9 nitrogen and oxygen atoms in total. The highest BCUT2D eigenvalue weighted by Gasteiger charge is 2.40. The van der Waals surface area contributed by atoms with E-state index in [4.69, 9.17) is 23.2 Å². The van der Waals surface area contributed by atoms with E-state index in [-0.39, 0.29) is 17.9 Å². The van der Waals surface area contributed by atoms with Crippen LogP contribution in [0.15, 0.2) is 48.2 Å². The molecule has 0 saturated carbocycles. The second-order valence-corrected chi connectivity index (χ2v) is 12.3. The molecular weight excluding hydrogens is 563 g/mol. The molecule has 0 fully saturated rings. The van der Waals surface area contributed by atoms with E-state index in [9.17, 15) is 23.1 Å². The summed E-state index contributed by atoms with van der Waals surface area (Å²) in [6, 6.07) is 8.45. The Morgan fingerprint density at radius 3 is 2.46 bits per heavy atom. The summed E-state index contributed by atoms with van der Waals surface area (Å²) in [4.78, 5) is 13.0. The Morgan fingerprint density at radius 2 is 1.85 bits per heavy atom. The number of non-ortho nitro benzene ring substituents is 1. The lowest BCUT2D eigenvalue weighted by molar-refractivity contribution is -0.670. The number of allylic oxidation sites excluding steroid dienone is 3. The van der Waals surface area contributed by atoms with Crippen molar-refractivity contribution in [1.29, 1.82) is 0 Å². The van der Waals surface area contributed by atoms with Gasteiger partial charge in [-0.05, 0) is 38.0 Å². The van der Waals surface area contributed by atoms with Crippen LogP contribution in [0.25, 0.3) is 17.1 Å². The highest BCUT2D eigenvalue weighted by molar-refractivity contribution is 7.85. The molecule has 0 radical (unpaired) electrons. The van der Waals surface area contributed by atoms with Gasteiger partial charge in [-0.15, -0.1) is 0 Å². The Balaban J connectivity index is 1.80. The van der Waals surface area contributed by atoms with Crippen molar-refractivity contribution in [3.05, 3.63) is 79.7 Å². The summed E-state index contributed by atoms with van der Waals surface area (Å²) in [5.74, 6) is 0.570. The van der Waals surface area contributed by atoms with Crippen molar-refractivity contribution in [2.75, 3.05) is 17.2 Å². The van der Waals surface area contributed by atoms with Crippen molar-refractivity contribution in [2.45, 2.75) is 52.6 Å². The molecular formula is C27H31Cl2N4O5S+. The van der Waals surface area contributed by atoms with Crippen LogP contribution < -0.4 is 9.47 Å². The second kappa shape index (κ2) is 10.9. The summed E-state index contributed by atoms with van der Waals surface area (Å²) in [5.41, 5.74) is 3.74. The number of benzene rings is 2. The van der Waals surface area contributed by atoms with Gasteiger partial charge in [0.15, 0.2) is 11.0 Å². The molecule has 1 N–H and O–H groups in total. The SMILES string of the molecule is CCn1c(/C=C/C=C2/N(CCCS(=O)(=O)O)c3ccc([N+](=O)[O-])cc3C2(C)C)[n+](CC)c2cc(Cl)c(Cl)cc21. The normalized spacial score (nSPS) is 16.1. The molecule has 0 amide bonds. The molecule has 1 aliphatic rings. The van der Waals surface area contributed by atoms with Crippen molar-refractivity contribution in [3.8, 4) is 0 Å². The zero-order valence-corrected chi connectivity index (χ0v) is 24.5. The lowest BCUT2D eigenvalue weighted by Gasteiger charge is -2.26. The van der Waals surface area contributed by atoms with E-state index in [1.807, 2.05) is 49.1 Å². The van der Waals surface area contributed by atoms with Crippen LogP contribution >= 0.6 is 23.2 Å². The number of halogens is 2. The maximum Gasteiger partial charge on any atom is 0.282 e. The molecule has 39 heavy (non-hydrogen) atoms. The van der Waals surface area contributed by atoms with Gasteiger partial charge in [0.05, 0.1) is 33.8 Å². The van der Waals surface area contributed by atoms with Crippen LogP contribution in [0.3, 0.4) is 0 Å². The van der Waals surface area contributed by atoms with Crippen molar-refractivity contribution in [1.82, 2.24) is 4.57 Å². The number of nitro benzene ring substituents is 1. The van der Waals surface area contributed by atoms with Crippen LogP contribution in [0, 0.1) is 10.1 Å². The molecule has 0 aliphatic carbocycles. The summed E-state index contributed by atoms with van der Waals surface area (Å²) in [6.07, 6.45) is 6.08. The Bertz CT molecular complexity index is 1580. The predicted molar refractivity (Wildman–Crippen MR) is 155 cm³/mol. The van der Waals surface area contributed by atoms with E-state index < -0.39 is 20.5 Å². The molecule has 0 atom stereocenters. The van der Waals surface area contributed by atoms with E-state index in [2.05, 4.69) is 23.0 Å². The van der Waals surface area contributed by atoms with Gasteiger partial charge in [-0.2, -0.15) is 8.42 Å². The summed E-state index contributed by atoms with van der Waals surface area (Å²) >= 11 is 12.6. The number of rotatable bonds is 9.